The van der Waals surface area contributed by atoms with Gasteiger partial charge in [0.2, 0.25) is 0 Å². The summed E-state index contributed by atoms with van der Waals surface area (Å²) in [5.41, 5.74) is 6.72. The molecule has 0 saturated carbocycles. The highest BCUT2D eigenvalue weighted by Gasteiger charge is 2.22. The molecule has 5 rings (SSSR count). The molecular formula is C31H21ClN4O3. The fourth-order valence-electron chi connectivity index (χ4n) is 4.25. The summed E-state index contributed by atoms with van der Waals surface area (Å²) in [6.45, 7) is 1.89. The highest BCUT2D eigenvalue weighted by atomic mass is 35.5. The van der Waals surface area contributed by atoms with Gasteiger partial charge in [-0.2, -0.15) is 10.4 Å². The summed E-state index contributed by atoms with van der Waals surface area (Å²) in [6.07, 6.45) is 1.40. The molecule has 0 atom stereocenters. The van der Waals surface area contributed by atoms with E-state index in [2.05, 4.69) is 21.6 Å². The van der Waals surface area contributed by atoms with Crippen LogP contribution < -0.4 is 10.2 Å². The van der Waals surface area contributed by atoms with Gasteiger partial charge < -0.3 is 9.72 Å². The Hall–Kier alpha value is -5.19. The maximum atomic E-state index is 13.3. The second-order valence-corrected chi connectivity index (χ2v) is 9.10. The van der Waals surface area contributed by atoms with Gasteiger partial charge in [-0.25, -0.2) is 10.2 Å². The standard InChI is InChI=1S/C31H21ClN4O3/c1-19-8-6-10-20(16-19)31(38)39-26-15-5-2-9-22(26)18-34-36-30(37)29-27(23-12-3-4-14-25(23)32)24-13-7-11-21(17-33)28(24)35-29/h2-16,18,35H,1H3,(H,36,37). The van der Waals surface area contributed by atoms with Crippen LogP contribution in [0.1, 0.15) is 37.5 Å². The highest BCUT2D eigenvalue weighted by Crippen LogP contribution is 2.37. The fourth-order valence-corrected chi connectivity index (χ4v) is 4.48. The maximum absolute atomic E-state index is 13.3. The molecule has 39 heavy (non-hydrogen) atoms. The molecule has 0 radical (unpaired) electrons. The predicted molar refractivity (Wildman–Crippen MR) is 151 cm³/mol. The van der Waals surface area contributed by atoms with E-state index in [1.54, 1.807) is 66.7 Å². The first-order valence-electron chi connectivity index (χ1n) is 12.0. The zero-order valence-electron chi connectivity index (χ0n) is 20.7. The predicted octanol–water partition coefficient (Wildman–Crippen LogP) is 6.65. The van der Waals surface area contributed by atoms with Crippen LogP contribution in [0.3, 0.4) is 0 Å². The van der Waals surface area contributed by atoms with Gasteiger partial charge in [0.25, 0.3) is 5.91 Å². The number of hydrazone groups is 1. The monoisotopic (exact) mass is 532 g/mol. The molecular weight excluding hydrogens is 512 g/mol. The zero-order chi connectivity index (χ0) is 27.4. The first-order valence-corrected chi connectivity index (χ1v) is 12.3. The van der Waals surface area contributed by atoms with E-state index in [-0.39, 0.29) is 5.69 Å². The summed E-state index contributed by atoms with van der Waals surface area (Å²) in [5.74, 6) is -0.738. The van der Waals surface area contributed by atoms with Crippen molar-refractivity contribution in [3.63, 3.8) is 0 Å². The molecule has 0 bridgehead atoms. The number of amides is 1. The van der Waals surface area contributed by atoms with Crippen LogP contribution in [0.2, 0.25) is 5.02 Å². The summed E-state index contributed by atoms with van der Waals surface area (Å²) < 4.78 is 5.59. The van der Waals surface area contributed by atoms with Gasteiger partial charge in [-0.05, 0) is 43.3 Å². The molecule has 5 aromatic rings. The number of carbonyl (C=O) groups excluding carboxylic acids is 2. The number of H-pyrrole nitrogens is 1. The number of nitrogens with one attached hydrogen (secondary N) is 2. The largest absolute Gasteiger partial charge is 0.422 e. The molecule has 4 aromatic carbocycles. The summed E-state index contributed by atoms with van der Waals surface area (Å²) in [6, 6.07) is 28.5. The molecule has 7 nitrogen and oxygen atoms in total. The number of rotatable bonds is 6. The zero-order valence-corrected chi connectivity index (χ0v) is 21.5. The minimum Gasteiger partial charge on any atom is -0.422 e. The molecule has 0 aliphatic heterocycles. The summed E-state index contributed by atoms with van der Waals surface area (Å²) in [7, 11) is 0. The lowest BCUT2D eigenvalue weighted by Gasteiger charge is -2.08. The Labute approximate surface area is 229 Å². The number of nitriles is 1. The second kappa shape index (κ2) is 11.1. The number of aromatic nitrogens is 1. The SMILES string of the molecule is Cc1cccc(C(=O)Oc2ccccc2C=NNC(=O)c2[nH]c3c(C#N)cccc3c2-c2ccccc2Cl)c1. The fraction of sp³-hybridized carbons (Fsp3) is 0.0323. The third kappa shape index (κ3) is 5.28. The summed E-state index contributed by atoms with van der Waals surface area (Å²) >= 11 is 6.48. The molecule has 0 spiro atoms. The Kier molecular flexibility index (Phi) is 7.21. The number of benzene rings is 4. The van der Waals surface area contributed by atoms with Crippen LogP contribution in [0.15, 0.2) is 96.1 Å². The summed E-state index contributed by atoms with van der Waals surface area (Å²) in [5, 5.41) is 14.8. The lowest BCUT2D eigenvalue weighted by atomic mass is 10.0. The third-order valence-electron chi connectivity index (χ3n) is 6.07. The van der Waals surface area contributed by atoms with Crippen LogP contribution in [0.25, 0.3) is 22.0 Å². The van der Waals surface area contributed by atoms with Crippen molar-refractivity contribution in [1.29, 1.82) is 5.26 Å². The lowest BCUT2D eigenvalue weighted by molar-refractivity contribution is 0.0734. The van der Waals surface area contributed by atoms with Crippen LogP contribution in [-0.2, 0) is 0 Å². The number of aryl methyl sites for hydroxylation is 1. The molecule has 2 N–H and O–H groups in total. The van der Waals surface area contributed by atoms with Gasteiger partial charge in [-0.1, -0.05) is 71.8 Å². The number of fused-ring (bicyclic) bond motifs is 1. The first kappa shape index (κ1) is 25.5. The molecule has 0 saturated heterocycles. The number of hydrogen-bond donors (Lipinski definition) is 2. The van der Waals surface area contributed by atoms with Gasteiger partial charge in [0, 0.05) is 27.1 Å². The van der Waals surface area contributed by atoms with Gasteiger partial charge in [0.05, 0.1) is 22.9 Å². The van der Waals surface area contributed by atoms with Crippen LogP contribution in [0, 0.1) is 18.3 Å². The quantitative estimate of drug-likeness (QED) is 0.110. The topological polar surface area (TPSA) is 107 Å². The van der Waals surface area contributed by atoms with Gasteiger partial charge in [-0.3, -0.25) is 4.79 Å². The van der Waals surface area contributed by atoms with E-state index in [4.69, 9.17) is 16.3 Å². The van der Waals surface area contributed by atoms with Crippen molar-refractivity contribution < 1.29 is 14.3 Å². The van der Waals surface area contributed by atoms with E-state index in [1.807, 2.05) is 31.2 Å². The van der Waals surface area contributed by atoms with Crippen LogP contribution in [-0.4, -0.2) is 23.1 Å². The van der Waals surface area contributed by atoms with Crippen LogP contribution in [0.4, 0.5) is 0 Å². The summed E-state index contributed by atoms with van der Waals surface area (Å²) in [4.78, 5) is 29.1. The number of carbonyl (C=O) groups is 2. The lowest BCUT2D eigenvalue weighted by Crippen LogP contribution is -2.19. The van der Waals surface area contributed by atoms with Crippen molar-refractivity contribution in [2.24, 2.45) is 5.10 Å². The smallest absolute Gasteiger partial charge is 0.343 e. The van der Waals surface area contributed by atoms with Crippen molar-refractivity contribution in [3.8, 4) is 22.9 Å². The highest BCUT2D eigenvalue weighted by molar-refractivity contribution is 6.34. The number of esters is 1. The van der Waals surface area contributed by atoms with E-state index in [1.165, 1.54) is 6.21 Å². The van der Waals surface area contributed by atoms with E-state index in [9.17, 15) is 14.9 Å². The Bertz CT molecular complexity index is 1800. The van der Waals surface area contributed by atoms with Crippen molar-refractivity contribution in [3.05, 3.63) is 124 Å². The Balaban J connectivity index is 1.43. The molecule has 0 aliphatic carbocycles. The average Bonchev–Trinajstić information content (AvgIpc) is 3.34. The Morgan fingerprint density at radius 2 is 1.77 bits per heavy atom. The third-order valence-corrected chi connectivity index (χ3v) is 6.40. The normalized spacial score (nSPS) is 10.9. The maximum Gasteiger partial charge on any atom is 0.343 e. The number of halogens is 1. The molecule has 1 heterocycles. The van der Waals surface area contributed by atoms with Crippen molar-refractivity contribution in [2.45, 2.75) is 6.92 Å². The first-order chi connectivity index (χ1) is 19.0. The number of aromatic amines is 1. The Morgan fingerprint density at radius 3 is 2.56 bits per heavy atom. The van der Waals surface area contributed by atoms with Crippen LogP contribution >= 0.6 is 11.6 Å². The van der Waals surface area contributed by atoms with E-state index >= 15 is 0 Å². The molecule has 0 aliphatic rings. The average molecular weight is 533 g/mol. The van der Waals surface area contributed by atoms with Gasteiger partial charge in [-0.15, -0.1) is 0 Å². The van der Waals surface area contributed by atoms with Gasteiger partial charge >= 0.3 is 5.97 Å². The molecule has 1 aromatic heterocycles. The number of ether oxygens (including phenoxy) is 1. The molecule has 8 heteroatoms. The van der Waals surface area contributed by atoms with Gasteiger partial charge in [0.15, 0.2) is 0 Å². The van der Waals surface area contributed by atoms with Crippen molar-refractivity contribution >= 4 is 40.6 Å². The molecule has 190 valence electrons. The Morgan fingerprint density at radius 1 is 1.00 bits per heavy atom. The number of para-hydroxylation sites is 2. The van der Waals surface area contributed by atoms with Gasteiger partial charge in [0.1, 0.15) is 17.5 Å². The van der Waals surface area contributed by atoms with Crippen LogP contribution in [0.5, 0.6) is 5.75 Å². The molecule has 0 fully saturated rings. The van der Waals surface area contributed by atoms with Crippen molar-refractivity contribution in [1.82, 2.24) is 10.4 Å². The van der Waals surface area contributed by atoms with Crippen molar-refractivity contribution in [2.75, 3.05) is 0 Å². The molecule has 1 amide bonds. The number of nitrogens with zero attached hydrogens (tertiary/aromatic N) is 2. The molecule has 0 unspecified atom stereocenters. The number of hydrogen-bond acceptors (Lipinski definition) is 5. The van der Waals surface area contributed by atoms with E-state index in [0.717, 1.165) is 5.56 Å². The second-order valence-electron chi connectivity index (χ2n) is 8.69. The van der Waals surface area contributed by atoms with E-state index in [0.29, 0.717) is 49.5 Å². The minimum absolute atomic E-state index is 0.206. The van der Waals surface area contributed by atoms with E-state index < -0.39 is 11.9 Å². The minimum atomic E-state index is -0.532.